The largest absolute Gasteiger partial charge is 0.480 e. The van der Waals surface area contributed by atoms with Gasteiger partial charge in [0.1, 0.15) is 24.2 Å². The number of fused-ring (bicyclic) bond motifs is 1. The maximum atomic E-state index is 13.4. The second kappa shape index (κ2) is 13.2. The van der Waals surface area contributed by atoms with E-state index in [1.165, 1.54) is 6.92 Å². The molecule has 0 aliphatic rings. The van der Waals surface area contributed by atoms with E-state index in [4.69, 9.17) is 5.73 Å². The van der Waals surface area contributed by atoms with E-state index in [9.17, 15) is 29.4 Å². The minimum absolute atomic E-state index is 0.0837. The maximum absolute atomic E-state index is 13.4. The number of para-hydroxylation sites is 1. The summed E-state index contributed by atoms with van der Waals surface area (Å²) in [6.45, 7) is 8.34. The molecule has 8 N–H and O–H groups in total. The molecule has 6 atom stereocenters. The Morgan fingerprint density at radius 1 is 0.946 bits per heavy atom. The Kier molecular flexibility index (Phi) is 10.6. The molecule has 37 heavy (non-hydrogen) atoms. The van der Waals surface area contributed by atoms with E-state index in [0.29, 0.717) is 6.42 Å². The van der Waals surface area contributed by atoms with Crippen LogP contribution in [-0.2, 0) is 25.6 Å². The van der Waals surface area contributed by atoms with Crippen LogP contribution in [0, 0.1) is 11.8 Å². The summed E-state index contributed by atoms with van der Waals surface area (Å²) >= 11 is 0. The van der Waals surface area contributed by atoms with Gasteiger partial charge >= 0.3 is 5.97 Å². The van der Waals surface area contributed by atoms with Crippen molar-refractivity contribution >= 4 is 34.6 Å². The van der Waals surface area contributed by atoms with Crippen molar-refractivity contribution in [3.8, 4) is 0 Å². The lowest BCUT2D eigenvalue weighted by atomic mass is 9.96. The Balaban J connectivity index is 2.36. The lowest BCUT2D eigenvalue weighted by Crippen LogP contribution is -2.60. The summed E-state index contributed by atoms with van der Waals surface area (Å²) in [7, 11) is 0. The fourth-order valence-corrected chi connectivity index (χ4v) is 3.93. The van der Waals surface area contributed by atoms with Crippen LogP contribution in [0.1, 0.15) is 46.6 Å². The summed E-state index contributed by atoms with van der Waals surface area (Å²) < 4.78 is 0. The Labute approximate surface area is 216 Å². The van der Waals surface area contributed by atoms with Crippen LogP contribution in [0.2, 0.25) is 0 Å². The van der Waals surface area contributed by atoms with Gasteiger partial charge in [0, 0.05) is 23.5 Å². The van der Waals surface area contributed by atoms with E-state index >= 15 is 0 Å². The molecule has 1 heterocycles. The molecule has 0 aliphatic heterocycles. The fraction of sp³-hybridized carbons (Fsp3) is 0.538. The third-order valence-electron chi connectivity index (χ3n) is 6.58. The van der Waals surface area contributed by atoms with Crippen LogP contribution in [0.25, 0.3) is 10.9 Å². The number of nitrogens with one attached hydrogen (secondary N) is 4. The van der Waals surface area contributed by atoms with Crippen LogP contribution in [0.4, 0.5) is 0 Å². The predicted molar refractivity (Wildman–Crippen MR) is 139 cm³/mol. The number of carboxylic acid groups (broad SMARTS) is 1. The highest BCUT2D eigenvalue weighted by Gasteiger charge is 2.34. The van der Waals surface area contributed by atoms with E-state index < -0.39 is 54.0 Å². The topological polar surface area (TPSA) is 187 Å². The van der Waals surface area contributed by atoms with Crippen LogP contribution >= 0.6 is 0 Å². The third kappa shape index (κ3) is 7.77. The minimum Gasteiger partial charge on any atom is -0.480 e. The number of nitrogens with two attached hydrogens (primary N) is 1. The summed E-state index contributed by atoms with van der Waals surface area (Å²) in [5.74, 6) is -3.85. The SMILES string of the molecule is CCC(C)C(NC(=O)C(N)C(C)O)C(=O)NC(Cc1c[nH]c2ccccc12)C(=O)NC(C(=O)O)C(C)C. The molecule has 1 aromatic carbocycles. The van der Waals surface area contributed by atoms with Gasteiger partial charge in [0.25, 0.3) is 0 Å². The summed E-state index contributed by atoms with van der Waals surface area (Å²) in [6.07, 6.45) is 1.24. The summed E-state index contributed by atoms with van der Waals surface area (Å²) in [6, 6.07) is 2.95. The van der Waals surface area contributed by atoms with E-state index in [1.807, 2.05) is 31.2 Å². The molecule has 0 spiro atoms. The van der Waals surface area contributed by atoms with Gasteiger partial charge in [0.05, 0.1) is 6.10 Å². The lowest BCUT2D eigenvalue weighted by Gasteiger charge is -2.28. The van der Waals surface area contributed by atoms with Gasteiger partial charge in [0.15, 0.2) is 0 Å². The number of rotatable bonds is 13. The smallest absolute Gasteiger partial charge is 0.326 e. The molecule has 0 saturated heterocycles. The van der Waals surface area contributed by atoms with Gasteiger partial charge in [-0.3, -0.25) is 14.4 Å². The summed E-state index contributed by atoms with van der Waals surface area (Å²) in [4.78, 5) is 54.0. The van der Waals surface area contributed by atoms with Crippen molar-refractivity contribution in [3.63, 3.8) is 0 Å². The number of H-pyrrole nitrogens is 1. The number of aliphatic carboxylic acids is 1. The van der Waals surface area contributed by atoms with Gasteiger partial charge < -0.3 is 36.9 Å². The standard InChI is InChI=1S/C26H39N5O6/c1-6-14(4)22(31-24(34)20(27)15(5)32)25(35)29-19(23(33)30-21(13(2)3)26(36)37)11-16-12-28-18-10-8-7-9-17(16)18/h7-10,12-15,19-22,28,32H,6,11,27H2,1-5H3,(H,29,35)(H,30,33)(H,31,34)(H,36,37). The normalized spacial score (nSPS) is 16.3. The zero-order valence-electron chi connectivity index (χ0n) is 21.9. The molecule has 2 aromatic rings. The number of carboxylic acids is 1. The van der Waals surface area contributed by atoms with Gasteiger partial charge in [-0.1, -0.05) is 52.3 Å². The maximum Gasteiger partial charge on any atom is 0.326 e. The number of aromatic nitrogens is 1. The second-order valence-corrected chi connectivity index (χ2v) is 9.83. The van der Waals surface area contributed by atoms with Crippen molar-refractivity contribution in [1.82, 2.24) is 20.9 Å². The molecule has 204 valence electrons. The zero-order chi connectivity index (χ0) is 27.9. The van der Waals surface area contributed by atoms with Gasteiger partial charge in [-0.25, -0.2) is 4.79 Å². The number of aromatic amines is 1. The Morgan fingerprint density at radius 2 is 1.57 bits per heavy atom. The molecule has 0 fully saturated rings. The molecule has 0 saturated carbocycles. The van der Waals surface area contributed by atoms with Crippen LogP contribution in [0.15, 0.2) is 30.5 Å². The molecule has 2 rings (SSSR count). The van der Waals surface area contributed by atoms with E-state index in [0.717, 1.165) is 16.5 Å². The van der Waals surface area contributed by atoms with E-state index in [2.05, 4.69) is 20.9 Å². The van der Waals surface area contributed by atoms with Crippen LogP contribution in [0.5, 0.6) is 0 Å². The van der Waals surface area contributed by atoms with Crippen LogP contribution in [0.3, 0.4) is 0 Å². The molecular weight excluding hydrogens is 478 g/mol. The van der Waals surface area contributed by atoms with Gasteiger partial charge in [-0.15, -0.1) is 0 Å². The number of hydrogen-bond acceptors (Lipinski definition) is 6. The number of carbonyl (C=O) groups excluding carboxylic acids is 3. The highest BCUT2D eigenvalue weighted by molar-refractivity contribution is 5.95. The van der Waals surface area contributed by atoms with Crippen LogP contribution in [-0.4, -0.2) is 69.2 Å². The monoisotopic (exact) mass is 517 g/mol. The number of hydrogen-bond donors (Lipinski definition) is 7. The van der Waals surface area contributed by atoms with E-state index in [1.54, 1.807) is 27.0 Å². The minimum atomic E-state index is -1.23. The average Bonchev–Trinajstić information content (AvgIpc) is 3.26. The van der Waals surface area contributed by atoms with Crippen molar-refractivity contribution in [2.24, 2.45) is 17.6 Å². The Morgan fingerprint density at radius 3 is 2.14 bits per heavy atom. The Hall–Kier alpha value is -3.44. The number of aliphatic hydroxyl groups excluding tert-OH is 1. The van der Waals surface area contributed by atoms with Crippen molar-refractivity contribution in [1.29, 1.82) is 0 Å². The zero-order valence-corrected chi connectivity index (χ0v) is 21.9. The molecule has 6 unspecified atom stereocenters. The fourth-order valence-electron chi connectivity index (χ4n) is 3.93. The average molecular weight is 518 g/mol. The van der Waals surface area contributed by atoms with Gasteiger partial charge in [0.2, 0.25) is 17.7 Å². The van der Waals surface area contributed by atoms with Crippen LogP contribution < -0.4 is 21.7 Å². The second-order valence-electron chi connectivity index (χ2n) is 9.83. The molecule has 3 amide bonds. The molecule has 1 aromatic heterocycles. The number of benzene rings is 1. The van der Waals surface area contributed by atoms with Crippen molar-refractivity contribution in [2.75, 3.05) is 0 Å². The van der Waals surface area contributed by atoms with Crippen molar-refractivity contribution < 1.29 is 29.4 Å². The van der Waals surface area contributed by atoms with E-state index in [-0.39, 0.29) is 18.3 Å². The third-order valence-corrected chi connectivity index (χ3v) is 6.58. The molecule has 0 bridgehead atoms. The molecule has 0 radical (unpaired) electrons. The highest BCUT2D eigenvalue weighted by Crippen LogP contribution is 2.20. The van der Waals surface area contributed by atoms with Gasteiger partial charge in [-0.2, -0.15) is 0 Å². The van der Waals surface area contributed by atoms with Crippen molar-refractivity contribution in [3.05, 3.63) is 36.0 Å². The summed E-state index contributed by atoms with van der Waals surface area (Å²) in [5, 5.41) is 27.9. The number of carbonyl (C=O) groups is 4. The number of amides is 3. The molecule has 0 aliphatic carbocycles. The first kappa shape index (κ1) is 29.8. The molecular formula is C26H39N5O6. The van der Waals surface area contributed by atoms with Crippen molar-refractivity contribution in [2.45, 2.75) is 77.7 Å². The first-order valence-corrected chi connectivity index (χ1v) is 12.5. The molecule has 11 nitrogen and oxygen atoms in total. The predicted octanol–water partition coefficient (Wildman–Crippen LogP) is 0.660. The first-order valence-electron chi connectivity index (χ1n) is 12.5. The first-order chi connectivity index (χ1) is 17.4. The summed E-state index contributed by atoms with van der Waals surface area (Å²) in [5.41, 5.74) is 7.35. The highest BCUT2D eigenvalue weighted by atomic mass is 16.4. The molecule has 11 heteroatoms. The van der Waals surface area contributed by atoms with Gasteiger partial charge in [-0.05, 0) is 30.4 Å². The quantitative estimate of drug-likeness (QED) is 0.203. The lowest BCUT2D eigenvalue weighted by molar-refractivity contribution is -0.143. The Bertz CT molecular complexity index is 1100. The number of aliphatic hydroxyl groups is 1.